The SMILES string of the molecule is O=C(CCc1ccccn1)NC1CCS(=O)(=O)C1. The monoisotopic (exact) mass is 268 g/mol. The van der Waals surface area contributed by atoms with Crippen LogP contribution in [-0.4, -0.2) is 36.9 Å². The average Bonchev–Trinajstić information content (AvgIpc) is 2.67. The minimum absolute atomic E-state index is 0.0718. The second-order valence-corrected chi connectivity index (χ2v) is 6.72. The molecule has 0 saturated carbocycles. The number of pyridine rings is 1. The van der Waals surface area contributed by atoms with Gasteiger partial charge in [-0.15, -0.1) is 0 Å². The van der Waals surface area contributed by atoms with Crippen LogP contribution < -0.4 is 5.32 Å². The highest BCUT2D eigenvalue weighted by molar-refractivity contribution is 7.91. The van der Waals surface area contributed by atoms with Gasteiger partial charge in [-0.1, -0.05) is 6.07 Å². The van der Waals surface area contributed by atoms with Crippen LogP contribution in [0.25, 0.3) is 0 Å². The number of amides is 1. The summed E-state index contributed by atoms with van der Waals surface area (Å²) in [6, 6.07) is 5.36. The second-order valence-electron chi connectivity index (χ2n) is 4.49. The molecule has 1 amide bonds. The fourth-order valence-electron chi connectivity index (χ4n) is 2.00. The van der Waals surface area contributed by atoms with E-state index in [4.69, 9.17) is 0 Å². The van der Waals surface area contributed by atoms with Gasteiger partial charge in [0.05, 0.1) is 11.5 Å². The molecule has 0 aliphatic carbocycles. The Morgan fingerprint density at radius 1 is 1.44 bits per heavy atom. The van der Waals surface area contributed by atoms with Crippen molar-refractivity contribution in [3.8, 4) is 0 Å². The maximum absolute atomic E-state index is 11.6. The van der Waals surface area contributed by atoms with Crippen LogP contribution in [0.4, 0.5) is 0 Å². The molecule has 0 radical (unpaired) electrons. The predicted molar refractivity (Wildman–Crippen MR) is 67.8 cm³/mol. The van der Waals surface area contributed by atoms with Gasteiger partial charge in [0, 0.05) is 24.4 Å². The smallest absolute Gasteiger partial charge is 0.220 e. The molecule has 2 heterocycles. The van der Waals surface area contributed by atoms with Crippen molar-refractivity contribution in [1.29, 1.82) is 0 Å². The van der Waals surface area contributed by atoms with Gasteiger partial charge in [-0.3, -0.25) is 9.78 Å². The summed E-state index contributed by atoms with van der Waals surface area (Å²) in [5.74, 6) is 0.142. The fraction of sp³-hybridized carbons (Fsp3) is 0.500. The number of nitrogens with zero attached hydrogens (tertiary/aromatic N) is 1. The van der Waals surface area contributed by atoms with E-state index in [0.717, 1.165) is 5.69 Å². The molecule has 1 aromatic heterocycles. The van der Waals surface area contributed by atoms with E-state index in [0.29, 0.717) is 19.3 Å². The highest BCUT2D eigenvalue weighted by Gasteiger charge is 2.28. The van der Waals surface area contributed by atoms with E-state index in [1.165, 1.54) is 0 Å². The molecule has 98 valence electrons. The molecular weight excluding hydrogens is 252 g/mol. The number of aryl methyl sites for hydroxylation is 1. The zero-order chi connectivity index (χ0) is 13.0. The van der Waals surface area contributed by atoms with Crippen LogP contribution in [0.2, 0.25) is 0 Å². The summed E-state index contributed by atoms with van der Waals surface area (Å²) >= 11 is 0. The van der Waals surface area contributed by atoms with Crippen LogP contribution in [-0.2, 0) is 21.1 Å². The van der Waals surface area contributed by atoms with E-state index in [2.05, 4.69) is 10.3 Å². The molecule has 0 aromatic carbocycles. The van der Waals surface area contributed by atoms with Crippen molar-refractivity contribution in [2.75, 3.05) is 11.5 Å². The van der Waals surface area contributed by atoms with Crippen molar-refractivity contribution in [3.05, 3.63) is 30.1 Å². The third-order valence-corrected chi connectivity index (χ3v) is 4.70. The number of carbonyl (C=O) groups is 1. The molecule has 18 heavy (non-hydrogen) atoms. The predicted octanol–water partition coefficient (Wildman–Crippen LogP) is 0.318. The number of aromatic nitrogens is 1. The normalized spacial score (nSPS) is 21.7. The van der Waals surface area contributed by atoms with Crippen molar-refractivity contribution < 1.29 is 13.2 Å². The molecule has 1 fully saturated rings. The van der Waals surface area contributed by atoms with Gasteiger partial charge in [0.25, 0.3) is 0 Å². The Bertz CT molecular complexity index is 513. The van der Waals surface area contributed by atoms with E-state index in [9.17, 15) is 13.2 Å². The zero-order valence-corrected chi connectivity index (χ0v) is 10.8. The van der Waals surface area contributed by atoms with Crippen LogP contribution in [0, 0.1) is 0 Å². The first kappa shape index (κ1) is 13.0. The third kappa shape index (κ3) is 3.80. The number of rotatable bonds is 4. The molecular formula is C12H16N2O3S. The Hall–Kier alpha value is -1.43. The van der Waals surface area contributed by atoms with Gasteiger partial charge in [0.2, 0.25) is 5.91 Å². The Morgan fingerprint density at radius 2 is 2.28 bits per heavy atom. The van der Waals surface area contributed by atoms with Gasteiger partial charge in [-0.05, 0) is 25.0 Å². The summed E-state index contributed by atoms with van der Waals surface area (Å²) in [4.78, 5) is 15.8. The van der Waals surface area contributed by atoms with E-state index in [-0.39, 0.29) is 23.5 Å². The molecule has 0 bridgehead atoms. The molecule has 0 spiro atoms. The zero-order valence-electron chi connectivity index (χ0n) is 10.0. The van der Waals surface area contributed by atoms with Crippen LogP contribution in [0.3, 0.4) is 0 Å². The minimum atomic E-state index is -2.94. The molecule has 1 saturated heterocycles. The highest BCUT2D eigenvalue weighted by atomic mass is 32.2. The second kappa shape index (κ2) is 5.48. The van der Waals surface area contributed by atoms with Crippen molar-refractivity contribution in [1.82, 2.24) is 10.3 Å². The summed E-state index contributed by atoms with van der Waals surface area (Å²) in [6.07, 6.45) is 3.13. The van der Waals surface area contributed by atoms with Crippen LogP contribution in [0.1, 0.15) is 18.5 Å². The highest BCUT2D eigenvalue weighted by Crippen LogP contribution is 2.11. The lowest BCUT2D eigenvalue weighted by atomic mass is 10.2. The summed E-state index contributed by atoms with van der Waals surface area (Å²) in [5.41, 5.74) is 0.867. The Kier molecular flexibility index (Phi) is 3.96. The van der Waals surface area contributed by atoms with Gasteiger partial charge in [-0.2, -0.15) is 0 Å². The van der Waals surface area contributed by atoms with E-state index in [1.807, 2.05) is 18.2 Å². The number of hydrogen-bond acceptors (Lipinski definition) is 4. The average molecular weight is 268 g/mol. The van der Waals surface area contributed by atoms with Gasteiger partial charge in [-0.25, -0.2) is 8.42 Å². The number of carbonyl (C=O) groups excluding carboxylic acids is 1. The molecule has 2 rings (SSSR count). The quantitative estimate of drug-likeness (QED) is 0.853. The lowest BCUT2D eigenvalue weighted by Crippen LogP contribution is -2.35. The number of sulfone groups is 1. The molecule has 1 unspecified atom stereocenters. The number of nitrogens with one attached hydrogen (secondary N) is 1. The topological polar surface area (TPSA) is 76.1 Å². The van der Waals surface area contributed by atoms with Crippen molar-refractivity contribution in [2.45, 2.75) is 25.3 Å². The van der Waals surface area contributed by atoms with Gasteiger partial charge < -0.3 is 5.32 Å². The minimum Gasteiger partial charge on any atom is -0.352 e. The standard InChI is InChI=1S/C12H16N2O3S/c15-12(5-4-10-3-1-2-7-13-10)14-11-6-8-18(16,17)9-11/h1-3,7,11H,4-6,8-9H2,(H,14,15). The van der Waals surface area contributed by atoms with Crippen LogP contribution in [0.5, 0.6) is 0 Å². The van der Waals surface area contributed by atoms with Crippen molar-refractivity contribution in [2.24, 2.45) is 0 Å². The first-order valence-corrected chi connectivity index (χ1v) is 7.77. The van der Waals surface area contributed by atoms with Crippen LogP contribution >= 0.6 is 0 Å². The summed E-state index contributed by atoms with van der Waals surface area (Å²) in [6.45, 7) is 0. The summed E-state index contributed by atoms with van der Waals surface area (Å²) < 4.78 is 22.5. The Labute approximate surface area is 107 Å². The first-order valence-electron chi connectivity index (χ1n) is 5.95. The molecule has 1 N–H and O–H groups in total. The lowest BCUT2D eigenvalue weighted by Gasteiger charge is -2.10. The fourth-order valence-corrected chi connectivity index (χ4v) is 3.67. The molecule has 6 heteroatoms. The maximum Gasteiger partial charge on any atom is 0.220 e. The molecule has 1 atom stereocenters. The largest absolute Gasteiger partial charge is 0.352 e. The Morgan fingerprint density at radius 3 is 2.89 bits per heavy atom. The summed E-state index contributed by atoms with van der Waals surface area (Å²) in [7, 11) is -2.94. The van der Waals surface area contributed by atoms with Crippen molar-refractivity contribution >= 4 is 15.7 Å². The molecule has 1 aliphatic heterocycles. The first-order chi connectivity index (χ1) is 8.55. The van der Waals surface area contributed by atoms with E-state index < -0.39 is 9.84 Å². The van der Waals surface area contributed by atoms with Gasteiger partial charge in [0.15, 0.2) is 9.84 Å². The lowest BCUT2D eigenvalue weighted by molar-refractivity contribution is -0.121. The van der Waals surface area contributed by atoms with Crippen molar-refractivity contribution in [3.63, 3.8) is 0 Å². The van der Waals surface area contributed by atoms with Gasteiger partial charge in [0.1, 0.15) is 0 Å². The summed E-state index contributed by atoms with van der Waals surface area (Å²) in [5, 5.41) is 2.76. The third-order valence-electron chi connectivity index (χ3n) is 2.93. The maximum atomic E-state index is 11.6. The van der Waals surface area contributed by atoms with E-state index >= 15 is 0 Å². The Balaban J connectivity index is 1.76. The molecule has 1 aromatic rings. The molecule has 5 nitrogen and oxygen atoms in total. The van der Waals surface area contributed by atoms with Gasteiger partial charge >= 0.3 is 0 Å². The molecule has 1 aliphatic rings. The van der Waals surface area contributed by atoms with Crippen LogP contribution in [0.15, 0.2) is 24.4 Å². The number of hydrogen-bond donors (Lipinski definition) is 1. The van der Waals surface area contributed by atoms with E-state index in [1.54, 1.807) is 6.20 Å².